The van der Waals surface area contributed by atoms with E-state index >= 15 is 0 Å². The highest BCUT2D eigenvalue weighted by atomic mass is 35.5. The Morgan fingerprint density at radius 3 is 2.17 bits per heavy atom. The number of carbonyl (C=O) groups is 1. The van der Waals surface area contributed by atoms with Crippen molar-refractivity contribution in [3.8, 4) is 0 Å². The summed E-state index contributed by atoms with van der Waals surface area (Å²) in [6.45, 7) is 0. The van der Waals surface area contributed by atoms with Gasteiger partial charge in [0.25, 0.3) is 0 Å². The van der Waals surface area contributed by atoms with Crippen LogP contribution in [0.15, 0.2) is 60.7 Å². The standard InChI is InChI=1S/C17H15Cl2NO4/c18-17(19,20(22)23)15(12-11-13-7-3-1-4-8-13)24-16(21)14-9-5-2-6-10-14/h1-10,15H,11-12H2. The molecular weight excluding hydrogens is 353 g/mol. The van der Waals surface area contributed by atoms with Crippen molar-refractivity contribution in [3.63, 3.8) is 0 Å². The molecule has 0 saturated heterocycles. The molecule has 2 aromatic rings. The van der Waals surface area contributed by atoms with Crippen LogP contribution in [-0.4, -0.2) is 21.5 Å². The van der Waals surface area contributed by atoms with Crippen molar-refractivity contribution >= 4 is 29.2 Å². The van der Waals surface area contributed by atoms with E-state index < -0.39 is 21.5 Å². The minimum Gasteiger partial charge on any atom is -0.448 e. The molecule has 0 heterocycles. The topological polar surface area (TPSA) is 69.4 Å². The van der Waals surface area contributed by atoms with Crippen molar-refractivity contribution < 1.29 is 14.5 Å². The minimum atomic E-state index is -2.42. The van der Waals surface area contributed by atoms with Crippen molar-refractivity contribution in [1.29, 1.82) is 0 Å². The lowest BCUT2D eigenvalue weighted by atomic mass is 10.1. The Hall–Kier alpha value is -2.11. The van der Waals surface area contributed by atoms with Crippen LogP contribution in [0.4, 0.5) is 0 Å². The van der Waals surface area contributed by atoms with Gasteiger partial charge in [0.2, 0.25) is 6.10 Å². The van der Waals surface area contributed by atoms with Gasteiger partial charge in [-0.15, -0.1) is 0 Å². The molecule has 7 heteroatoms. The van der Waals surface area contributed by atoms with E-state index in [1.165, 1.54) is 0 Å². The van der Waals surface area contributed by atoms with Crippen molar-refractivity contribution in [2.24, 2.45) is 0 Å². The van der Waals surface area contributed by atoms with Gasteiger partial charge >= 0.3 is 10.4 Å². The summed E-state index contributed by atoms with van der Waals surface area (Å²) in [4.78, 5) is 22.5. The molecule has 1 atom stereocenters. The molecule has 0 bridgehead atoms. The summed E-state index contributed by atoms with van der Waals surface area (Å²) in [7, 11) is 0. The van der Waals surface area contributed by atoms with Crippen molar-refractivity contribution in [3.05, 3.63) is 81.9 Å². The summed E-state index contributed by atoms with van der Waals surface area (Å²) in [6, 6.07) is 17.5. The molecule has 0 aliphatic carbocycles. The fourth-order valence-electron chi connectivity index (χ4n) is 2.13. The molecule has 2 aromatic carbocycles. The van der Waals surface area contributed by atoms with Crippen LogP contribution in [0.2, 0.25) is 0 Å². The number of carbonyl (C=O) groups excluding carboxylic acids is 1. The van der Waals surface area contributed by atoms with E-state index in [1.54, 1.807) is 30.3 Å². The SMILES string of the molecule is O=C(OC(CCc1ccccc1)C(Cl)(Cl)[N+](=O)[O-])c1ccccc1. The molecule has 0 N–H and O–H groups in total. The number of hydrogen-bond donors (Lipinski definition) is 0. The third-order valence-corrected chi connectivity index (χ3v) is 4.19. The monoisotopic (exact) mass is 367 g/mol. The molecule has 0 spiro atoms. The molecule has 0 aromatic heterocycles. The number of halogens is 2. The first-order valence-electron chi connectivity index (χ1n) is 7.23. The van der Waals surface area contributed by atoms with Gasteiger partial charge < -0.3 is 4.74 Å². The van der Waals surface area contributed by atoms with Crippen LogP contribution >= 0.6 is 23.2 Å². The van der Waals surface area contributed by atoms with Crippen LogP contribution in [0, 0.1) is 10.1 Å². The maximum atomic E-state index is 12.2. The molecule has 24 heavy (non-hydrogen) atoms. The molecular formula is C17H15Cl2NO4. The van der Waals surface area contributed by atoms with E-state index in [4.69, 9.17) is 27.9 Å². The fraction of sp³-hybridized carbons (Fsp3) is 0.235. The smallest absolute Gasteiger partial charge is 0.406 e. The average molecular weight is 368 g/mol. The summed E-state index contributed by atoms with van der Waals surface area (Å²) in [5, 5.41) is 11.1. The van der Waals surface area contributed by atoms with E-state index in [0.717, 1.165) is 5.56 Å². The third kappa shape index (κ3) is 4.69. The predicted molar refractivity (Wildman–Crippen MR) is 91.8 cm³/mol. The lowest BCUT2D eigenvalue weighted by Gasteiger charge is -2.22. The quantitative estimate of drug-likeness (QED) is 0.241. The van der Waals surface area contributed by atoms with Crippen LogP contribution in [0.5, 0.6) is 0 Å². The molecule has 0 radical (unpaired) electrons. The average Bonchev–Trinajstić information content (AvgIpc) is 2.59. The highest BCUT2D eigenvalue weighted by Gasteiger charge is 2.49. The van der Waals surface area contributed by atoms with Gasteiger partial charge in [-0.05, 0) is 53.7 Å². The van der Waals surface area contributed by atoms with Gasteiger partial charge in [0.1, 0.15) is 0 Å². The van der Waals surface area contributed by atoms with E-state index in [1.807, 2.05) is 30.3 Å². The highest BCUT2D eigenvalue weighted by molar-refractivity contribution is 6.47. The van der Waals surface area contributed by atoms with Gasteiger partial charge in [0.15, 0.2) is 0 Å². The van der Waals surface area contributed by atoms with Gasteiger partial charge in [-0.3, -0.25) is 10.1 Å². The second kappa shape index (κ2) is 8.13. The lowest BCUT2D eigenvalue weighted by molar-refractivity contribution is -0.527. The van der Waals surface area contributed by atoms with Crippen LogP contribution in [0.1, 0.15) is 22.3 Å². The first kappa shape index (κ1) is 18.2. The zero-order chi connectivity index (χ0) is 17.6. The number of hydrogen-bond acceptors (Lipinski definition) is 4. The van der Waals surface area contributed by atoms with Crippen molar-refractivity contribution in [2.45, 2.75) is 23.4 Å². The Morgan fingerprint density at radius 2 is 1.62 bits per heavy atom. The van der Waals surface area contributed by atoms with E-state index in [2.05, 4.69) is 0 Å². The number of benzene rings is 2. The largest absolute Gasteiger partial charge is 0.448 e. The van der Waals surface area contributed by atoms with Crippen molar-refractivity contribution in [2.75, 3.05) is 0 Å². The Balaban J connectivity index is 2.14. The molecule has 1 unspecified atom stereocenters. The van der Waals surface area contributed by atoms with Gasteiger partial charge in [0.05, 0.1) is 10.5 Å². The van der Waals surface area contributed by atoms with Crippen molar-refractivity contribution in [1.82, 2.24) is 0 Å². The van der Waals surface area contributed by atoms with Gasteiger partial charge in [-0.1, -0.05) is 48.5 Å². The molecule has 0 fully saturated rings. The fourth-order valence-corrected chi connectivity index (χ4v) is 2.44. The number of aryl methyl sites for hydroxylation is 1. The van der Waals surface area contributed by atoms with E-state index in [-0.39, 0.29) is 12.0 Å². The maximum absolute atomic E-state index is 12.2. The van der Waals surface area contributed by atoms with E-state index in [9.17, 15) is 14.9 Å². The summed E-state index contributed by atoms with van der Waals surface area (Å²) >= 11 is 11.6. The molecule has 0 saturated carbocycles. The number of esters is 1. The second-order valence-corrected chi connectivity index (χ2v) is 6.48. The predicted octanol–water partition coefficient (Wildman–Crippen LogP) is 4.25. The van der Waals surface area contributed by atoms with Crippen LogP contribution < -0.4 is 0 Å². The summed E-state index contributed by atoms with van der Waals surface area (Å²) < 4.78 is 2.82. The first-order valence-corrected chi connectivity index (χ1v) is 7.99. The third-order valence-electron chi connectivity index (χ3n) is 3.43. The van der Waals surface area contributed by atoms with E-state index in [0.29, 0.717) is 6.42 Å². The molecule has 2 rings (SSSR count). The lowest BCUT2D eigenvalue weighted by Crippen LogP contribution is -2.42. The van der Waals surface area contributed by atoms with Crippen LogP contribution in [0.3, 0.4) is 0 Å². The maximum Gasteiger partial charge on any atom is 0.406 e. The molecule has 0 amide bonds. The highest BCUT2D eigenvalue weighted by Crippen LogP contribution is 2.32. The normalized spacial score (nSPS) is 12.4. The number of alkyl halides is 2. The summed E-state index contributed by atoms with van der Waals surface area (Å²) in [5.41, 5.74) is 1.21. The zero-order valence-electron chi connectivity index (χ0n) is 12.6. The van der Waals surface area contributed by atoms with Crippen LogP contribution in [0.25, 0.3) is 0 Å². The summed E-state index contributed by atoms with van der Waals surface area (Å²) in [6.07, 6.45) is -0.733. The van der Waals surface area contributed by atoms with Gasteiger partial charge in [-0.25, -0.2) is 4.79 Å². The van der Waals surface area contributed by atoms with Crippen LogP contribution in [-0.2, 0) is 11.2 Å². The zero-order valence-corrected chi connectivity index (χ0v) is 14.1. The molecule has 126 valence electrons. The molecule has 0 aliphatic heterocycles. The minimum absolute atomic E-state index is 0.122. The number of rotatable bonds is 7. The first-order chi connectivity index (χ1) is 11.4. The molecule has 0 aliphatic rings. The molecule has 5 nitrogen and oxygen atoms in total. The summed E-state index contributed by atoms with van der Waals surface area (Å²) in [5.74, 6) is -0.707. The van der Waals surface area contributed by atoms with Gasteiger partial charge in [-0.2, -0.15) is 0 Å². The Kier molecular flexibility index (Phi) is 6.17. The Bertz CT molecular complexity index is 692. The Labute approximate surface area is 149 Å². The van der Waals surface area contributed by atoms with Gasteiger partial charge in [0, 0.05) is 0 Å². The number of nitro groups is 1. The number of nitrogens with zero attached hydrogens (tertiary/aromatic N) is 1. The Morgan fingerprint density at radius 1 is 1.08 bits per heavy atom. The second-order valence-electron chi connectivity index (χ2n) is 5.13. The number of ether oxygens (including phenoxy) is 1.